The molecule has 0 spiro atoms. The zero-order valence-electron chi connectivity index (χ0n) is 31.5. The molecule has 8 heteroatoms. The van der Waals surface area contributed by atoms with Crippen molar-refractivity contribution in [3.63, 3.8) is 0 Å². The van der Waals surface area contributed by atoms with Gasteiger partial charge in [-0.25, -0.2) is 0 Å². The molecule has 47 heavy (non-hydrogen) atoms. The molecule has 0 aromatic rings. The molecule has 0 rings (SSSR count). The molecule has 0 N–H and O–H groups in total. The molecule has 1 atom stereocenters. The summed E-state index contributed by atoms with van der Waals surface area (Å²) in [5.74, 6) is 0. The first-order chi connectivity index (χ1) is 22.9. The number of phosphoric acid groups is 1. The van der Waals surface area contributed by atoms with Gasteiger partial charge in [0.05, 0.1) is 26.4 Å². The van der Waals surface area contributed by atoms with Crippen LogP contribution in [-0.4, -0.2) is 45.0 Å². The van der Waals surface area contributed by atoms with Gasteiger partial charge in [0.25, 0.3) is 7.82 Å². The van der Waals surface area contributed by atoms with E-state index in [2.05, 4.69) is 29.8 Å². The first kappa shape index (κ1) is 47.5. The van der Waals surface area contributed by atoms with Crippen molar-refractivity contribution in [1.29, 1.82) is 0 Å². The molecule has 6 nitrogen and oxygen atoms in total. The van der Waals surface area contributed by atoms with Gasteiger partial charge in [0.2, 0.25) is 0 Å². The van der Waals surface area contributed by atoms with Crippen LogP contribution in [-0.2, 0) is 23.1 Å². The minimum atomic E-state index is -4.35. The van der Waals surface area contributed by atoms with Crippen molar-refractivity contribution < 1.29 is 28.0 Å². The quantitative estimate of drug-likeness (QED) is 0.0352. The Morgan fingerprint density at radius 1 is 0.468 bits per heavy atom. The number of hydrogen-bond acceptors (Lipinski definition) is 6. The van der Waals surface area contributed by atoms with Crippen LogP contribution in [0.15, 0.2) is 0 Å². The monoisotopic (exact) mass is 753 g/mol. The number of halogens is 1. The third kappa shape index (κ3) is 36.1. The average Bonchev–Trinajstić information content (AvgIpc) is 3.06. The minimum Gasteiger partial charge on any atom is -0.756 e. The Labute approximate surface area is 301 Å². The second-order valence-electron chi connectivity index (χ2n) is 14.4. The summed E-state index contributed by atoms with van der Waals surface area (Å²) in [6, 6.07) is 0. The van der Waals surface area contributed by atoms with Crippen molar-refractivity contribution in [2.24, 2.45) is 5.41 Å². The summed E-state index contributed by atoms with van der Waals surface area (Å²) in [5, 5.41) is 0.435. The van der Waals surface area contributed by atoms with Crippen molar-refractivity contribution in [2.45, 2.75) is 201 Å². The molecule has 0 aromatic carbocycles. The summed E-state index contributed by atoms with van der Waals surface area (Å²) >= 11 is 3.19. The second kappa shape index (κ2) is 36.3. The number of hydrogen-bond donors (Lipinski definition) is 0. The van der Waals surface area contributed by atoms with Crippen molar-refractivity contribution in [2.75, 3.05) is 45.0 Å². The van der Waals surface area contributed by atoms with Crippen LogP contribution in [0.25, 0.3) is 0 Å². The van der Waals surface area contributed by atoms with Crippen LogP contribution >= 0.6 is 23.8 Å². The summed E-state index contributed by atoms with van der Waals surface area (Å²) in [7, 11) is -4.35. The summed E-state index contributed by atoms with van der Waals surface area (Å²) < 4.78 is 34.4. The molecule has 0 amide bonds. The van der Waals surface area contributed by atoms with Crippen LogP contribution in [0, 0.1) is 5.41 Å². The van der Waals surface area contributed by atoms with Gasteiger partial charge in [-0.3, -0.25) is 4.57 Å². The molecule has 0 aliphatic carbocycles. The Hall–Kier alpha value is 0.510. The van der Waals surface area contributed by atoms with Gasteiger partial charge in [0.15, 0.2) is 0 Å². The molecule has 0 aromatic heterocycles. The van der Waals surface area contributed by atoms with Crippen LogP contribution in [0.2, 0.25) is 0 Å². The van der Waals surface area contributed by atoms with E-state index < -0.39 is 13.2 Å². The Balaban J connectivity index is 4.03. The fourth-order valence-corrected chi connectivity index (χ4v) is 7.25. The molecule has 0 saturated carbocycles. The van der Waals surface area contributed by atoms with E-state index in [-0.39, 0.29) is 13.2 Å². The van der Waals surface area contributed by atoms with Gasteiger partial charge in [-0.2, -0.15) is 0 Å². The highest BCUT2D eigenvalue weighted by Gasteiger charge is 2.28. The van der Waals surface area contributed by atoms with Crippen molar-refractivity contribution >= 4 is 23.8 Å². The topological polar surface area (TPSA) is 77.1 Å². The Morgan fingerprint density at radius 2 is 0.766 bits per heavy atom. The maximum absolute atomic E-state index is 12.2. The Morgan fingerprint density at radius 3 is 1.06 bits per heavy atom. The Kier molecular flexibility index (Phi) is 36.7. The lowest BCUT2D eigenvalue weighted by Crippen LogP contribution is -2.35. The van der Waals surface area contributed by atoms with Crippen molar-refractivity contribution in [3.8, 4) is 0 Å². The van der Waals surface area contributed by atoms with Crippen molar-refractivity contribution in [3.05, 3.63) is 0 Å². The van der Waals surface area contributed by atoms with Crippen LogP contribution in [0.3, 0.4) is 0 Å². The molecular weight excluding hydrogens is 675 g/mol. The van der Waals surface area contributed by atoms with Crippen LogP contribution in [0.1, 0.15) is 201 Å². The summed E-state index contributed by atoms with van der Waals surface area (Å²) in [6.07, 6.45) is 37.3. The lowest BCUT2D eigenvalue weighted by molar-refractivity contribution is -0.228. The van der Waals surface area contributed by atoms with Gasteiger partial charge >= 0.3 is 0 Å². The standard InChI is InChI=1S/C39H80BrO6P/c1-4-6-8-10-12-14-16-18-20-22-24-26-28-30-33-43-36-39(3,38-46-47(41,42)45-35-32-40)37-44-34-31-29-27-25-23-21-19-17-15-13-11-9-7-5-2/h4-38H2,1-3H3,(H,41,42)/p-1. The summed E-state index contributed by atoms with van der Waals surface area (Å²) in [5.41, 5.74) is -0.552. The summed E-state index contributed by atoms with van der Waals surface area (Å²) in [4.78, 5) is 12.2. The maximum atomic E-state index is 12.2. The van der Waals surface area contributed by atoms with Gasteiger partial charge in [0.1, 0.15) is 0 Å². The number of ether oxygens (including phenoxy) is 2. The molecule has 0 aliphatic heterocycles. The highest BCUT2D eigenvalue weighted by molar-refractivity contribution is 9.09. The van der Waals surface area contributed by atoms with Crippen LogP contribution < -0.4 is 4.89 Å². The van der Waals surface area contributed by atoms with Crippen LogP contribution in [0.5, 0.6) is 0 Å². The fourth-order valence-electron chi connectivity index (χ4n) is 5.98. The van der Waals surface area contributed by atoms with Gasteiger partial charge in [-0.15, -0.1) is 0 Å². The van der Waals surface area contributed by atoms with E-state index in [1.165, 1.54) is 167 Å². The molecular formula is C39H79BrO6P-. The van der Waals surface area contributed by atoms with Gasteiger partial charge < -0.3 is 23.4 Å². The highest BCUT2D eigenvalue weighted by Crippen LogP contribution is 2.40. The predicted molar refractivity (Wildman–Crippen MR) is 204 cm³/mol. The maximum Gasteiger partial charge on any atom is 0.267 e. The molecule has 0 saturated heterocycles. The number of phosphoric ester groups is 1. The molecule has 0 radical (unpaired) electrons. The van der Waals surface area contributed by atoms with E-state index in [9.17, 15) is 9.46 Å². The third-order valence-electron chi connectivity index (χ3n) is 9.08. The van der Waals surface area contributed by atoms with Gasteiger partial charge in [-0.05, 0) is 12.8 Å². The van der Waals surface area contributed by atoms with E-state index in [1.54, 1.807) is 0 Å². The SMILES string of the molecule is CCCCCCCCCCCCCCCCOCC(C)(COCCCCCCCCCCCCCCCC)COP(=O)([O-])OCCBr. The summed E-state index contributed by atoms with van der Waals surface area (Å²) in [6.45, 7) is 8.76. The predicted octanol–water partition coefficient (Wildman–Crippen LogP) is 12.9. The molecule has 1 unspecified atom stereocenters. The smallest absolute Gasteiger partial charge is 0.267 e. The molecule has 284 valence electrons. The van der Waals surface area contributed by atoms with E-state index in [4.69, 9.17) is 18.5 Å². The minimum absolute atomic E-state index is 0.00641. The molecule has 0 aliphatic rings. The first-order valence-electron chi connectivity index (χ1n) is 20.2. The lowest BCUT2D eigenvalue weighted by atomic mass is 9.94. The van der Waals surface area contributed by atoms with E-state index in [0.29, 0.717) is 31.8 Å². The number of unbranched alkanes of at least 4 members (excludes halogenated alkanes) is 26. The largest absolute Gasteiger partial charge is 0.756 e. The van der Waals surface area contributed by atoms with Gasteiger partial charge in [0, 0.05) is 24.0 Å². The van der Waals surface area contributed by atoms with Gasteiger partial charge in [-0.1, -0.05) is 204 Å². The van der Waals surface area contributed by atoms with Crippen molar-refractivity contribution in [1.82, 2.24) is 0 Å². The van der Waals surface area contributed by atoms with E-state index >= 15 is 0 Å². The van der Waals surface area contributed by atoms with Crippen LogP contribution in [0.4, 0.5) is 0 Å². The zero-order valence-corrected chi connectivity index (χ0v) is 34.0. The highest BCUT2D eigenvalue weighted by atomic mass is 79.9. The average molecular weight is 755 g/mol. The fraction of sp³-hybridized carbons (Fsp3) is 1.00. The zero-order chi connectivity index (χ0) is 34.6. The second-order valence-corrected chi connectivity index (χ2v) is 16.6. The number of alkyl halides is 1. The molecule has 0 bridgehead atoms. The molecule has 0 fully saturated rings. The number of rotatable bonds is 40. The molecule has 0 heterocycles. The van der Waals surface area contributed by atoms with E-state index in [1.807, 2.05) is 6.92 Å². The third-order valence-corrected chi connectivity index (χ3v) is 10.4. The normalized spacial score (nSPS) is 13.4. The lowest BCUT2D eigenvalue weighted by Gasteiger charge is -2.32. The Bertz CT molecular complexity index is 631. The van der Waals surface area contributed by atoms with E-state index in [0.717, 1.165) is 12.8 Å². The first-order valence-corrected chi connectivity index (χ1v) is 22.8.